The van der Waals surface area contributed by atoms with Crippen molar-refractivity contribution in [1.82, 2.24) is 23.9 Å². The highest BCUT2D eigenvalue weighted by Crippen LogP contribution is 2.35. The van der Waals surface area contributed by atoms with Crippen molar-refractivity contribution in [2.24, 2.45) is 5.92 Å². The third kappa shape index (κ3) is 4.19. The monoisotopic (exact) mass is 425 g/mol. The number of ether oxygens (including phenoxy) is 1. The second-order valence-electron chi connectivity index (χ2n) is 9.10. The van der Waals surface area contributed by atoms with Crippen molar-refractivity contribution in [3.05, 3.63) is 52.0 Å². The number of rotatable bonds is 5. The van der Waals surface area contributed by atoms with E-state index in [-0.39, 0.29) is 17.4 Å². The number of aryl methyl sites for hydroxylation is 2. The van der Waals surface area contributed by atoms with Crippen molar-refractivity contribution >= 4 is 5.91 Å². The van der Waals surface area contributed by atoms with Crippen LogP contribution in [-0.4, -0.2) is 69.2 Å². The van der Waals surface area contributed by atoms with E-state index in [1.54, 1.807) is 6.20 Å². The average Bonchev–Trinajstić information content (AvgIpc) is 3.19. The van der Waals surface area contributed by atoms with E-state index in [1.807, 2.05) is 33.2 Å². The van der Waals surface area contributed by atoms with Crippen LogP contribution in [0.2, 0.25) is 0 Å². The van der Waals surface area contributed by atoms with Crippen molar-refractivity contribution in [2.45, 2.75) is 45.3 Å². The van der Waals surface area contributed by atoms with Crippen LogP contribution in [0.4, 0.5) is 0 Å². The SMILES string of the molecule is Cc1nccn1CCC(=O)N1C[C@@H]2C[C@H](C1)c1ccc(CN3CCOCC3)c(=O)n1C2. The summed E-state index contributed by atoms with van der Waals surface area (Å²) in [5, 5.41) is 0. The summed E-state index contributed by atoms with van der Waals surface area (Å²) in [6.07, 6.45) is 5.24. The first kappa shape index (κ1) is 20.5. The topological polar surface area (TPSA) is 72.6 Å². The molecule has 8 heteroatoms. The molecule has 0 spiro atoms. The van der Waals surface area contributed by atoms with Gasteiger partial charge in [0.25, 0.3) is 5.56 Å². The maximum absolute atomic E-state index is 13.2. The van der Waals surface area contributed by atoms with E-state index in [1.165, 1.54) is 0 Å². The van der Waals surface area contributed by atoms with Gasteiger partial charge >= 0.3 is 0 Å². The molecule has 0 radical (unpaired) electrons. The number of nitrogens with zero attached hydrogens (tertiary/aromatic N) is 5. The van der Waals surface area contributed by atoms with Crippen LogP contribution in [0, 0.1) is 12.8 Å². The first-order chi connectivity index (χ1) is 15.1. The fourth-order valence-corrected chi connectivity index (χ4v) is 5.33. The van der Waals surface area contributed by atoms with Crippen LogP contribution < -0.4 is 5.56 Å². The number of piperidine rings is 1. The summed E-state index contributed by atoms with van der Waals surface area (Å²) in [5.41, 5.74) is 2.11. The van der Waals surface area contributed by atoms with Gasteiger partial charge in [-0.3, -0.25) is 14.5 Å². The smallest absolute Gasteiger partial charge is 0.255 e. The molecule has 166 valence electrons. The Kier molecular flexibility index (Phi) is 5.67. The second-order valence-corrected chi connectivity index (χ2v) is 9.10. The third-order valence-electron chi connectivity index (χ3n) is 7.02. The van der Waals surface area contributed by atoms with Gasteiger partial charge in [0.15, 0.2) is 0 Å². The van der Waals surface area contributed by atoms with E-state index >= 15 is 0 Å². The molecule has 2 atom stereocenters. The molecule has 2 saturated heterocycles. The van der Waals surface area contributed by atoms with Crippen LogP contribution in [0.3, 0.4) is 0 Å². The Balaban J connectivity index is 1.27. The highest BCUT2D eigenvalue weighted by Gasteiger charge is 2.36. The summed E-state index contributed by atoms with van der Waals surface area (Å²) in [6, 6.07) is 4.13. The summed E-state index contributed by atoms with van der Waals surface area (Å²) in [7, 11) is 0. The van der Waals surface area contributed by atoms with Gasteiger partial charge in [-0.1, -0.05) is 6.07 Å². The van der Waals surface area contributed by atoms with Crippen LogP contribution in [0.1, 0.15) is 35.8 Å². The van der Waals surface area contributed by atoms with Gasteiger partial charge in [0.05, 0.1) is 13.2 Å². The molecule has 2 aromatic rings. The molecule has 8 nitrogen and oxygen atoms in total. The fraction of sp³-hybridized carbons (Fsp3) is 0.609. The lowest BCUT2D eigenvalue weighted by atomic mass is 9.83. The minimum atomic E-state index is 0.147. The molecule has 2 bridgehead atoms. The number of aromatic nitrogens is 3. The number of hydrogen-bond donors (Lipinski definition) is 0. The van der Waals surface area contributed by atoms with Crippen molar-refractivity contribution in [2.75, 3.05) is 39.4 Å². The number of amides is 1. The van der Waals surface area contributed by atoms with Gasteiger partial charge in [0.2, 0.25) is 5.91 Å². The molecule has 0 aliphatic carbocycles. The molecular formula is C23H31N5O3. The Hall–Kier alpha value is -2.45. The highest BCUT2D eigenvalue weighted by molar-refractivity contribution is 5.76. The van der Waals surface area contributed by atoms with E-state index < -0.39 is 0 Å². The molecule has 0 aromatic carbocycles. The Morgan fingerprint density at radius 3 is 2.81 bits per heavy atom. The van der Waals surface area contributed by atoms with Gasteiger partial charge in [0.1, 0.15) is 5.82 Å². The normalized spacial score (nSPS) is 23.6. The number of morpholine rings is 1. The minimum absolute atomic E-state index is 0.147. The third-order valence-corrected chi connectivity index (χ3v) is 7.02. The number of fused-ring (bicyclic) bond motifs is 4. The first-order valence-corrected chi connectivity index (χ1v) is 11.4. The van der Waals surface area contributed by atoms with E-state index in [0.29, 0.717) is 38.5 Å². The van der Waals surface area contributed by atoms with Crippen LogP contribution in [0.15, 0.2) is 29.3 Å². The zero-order valence-corrected chi connectivity index (χ0v) is 18.2. The summed E-state index contributed by atoms with van der Waals surface area (Å²) in [4.78, 5) is 34.6. The summed E-state index contributed by atoms with van der Waals surface area (Å²) in [6.45, 7) is 8.71. The molecule has 3 aliphatic heterocycles. The fourth-order valence-electron chi connectivity index (χ4n) is 5.33. The van der Waals surface area contributed by atoms with Gasteiger partial charge in [-0.2, -0.15) is 0 Å². The predicted molar refractivity (Wildman–Crippen MR) is 116 cm³/mol. The van der Waals surface area contributed by atoms with Gasteiger partial charge in [-0.05, 0) is 25.3 Å². The lowest BCUT2D eigenvalue weighted by molar-refractivity contribution is -0.134. The highest BCUT2D eigenvalue weighted by atomic mass is 16.5. The molecule has 1 amide bonds. The second kappa shape index (κ2) is 8.59. The molecular weight excluding hydrogens is 394 g/mol. The molecule has 5 rings (SSSR count). The number of pyridine rings is 1. The number of imidazole rings is 1. The molecule has 0 N–H and O–H groups in total. The molecule has 0 unspecified atom stereocenters. The molecule has 0 saturated carbocycles. The summed E-state index contributed by atoms with van der Waals surface area (Å²) in [5.74, 6) is 1.73. The van der Waals surface area contributed by atoms with Gasteiger partial charge in [-0.15, -0.1) is 0 Å². The summed E-state index contributed by atoms with van der Waals surface area (Å²) < 4.78 is 9.43. The molecule has 5 heterocycles. The van der Waals surface area contributed by atoms with Crippen molar-refractivity contribution in [3.8, 4) is 0 Å². The zero-order chi connectivity index (χ0) is 21.4. The average molecular weight is 426 g/mol. The minimum Gasteiger partial charge on any atom is -0.379 e. The van der Waals surface area contributed by atoms with Crippen LogP contribution in [0.25, 0.3) is 0 Å². The Labute approximate surface area is 182 Å². The largest absolute Gasteiger partial charge is 0.379 e. The van der Waals surface area contributed by atoms with Crippen molar-refractivity contribution in [3.63, 3.8) is 0 Å². The number of likely N-dealkylation sites (tertiary alicyclic amines) is 1. The lowest BCUT2D eigenvalue weighted by Crippen LogP contribution is -2.49. The van der Waals surface area contributed by atoms with Crippen molar-refractivity contribution < 1.29 is 9.53 Å². The van der Waals surface area contributed by atoms with Crippen LogP contribution in [-0.2, 0) is 29.2 Å². The van der Waals surface area contributed by atoms with E-state index in [0.717, 1.165) is 56.4 Å². The van der Waals surface area contributed by atoms with Crippen LogP contribution >= 0.6 is 0 Å². The van der Waals surface area contributed by atoms with Crippen molar-refractivity contribution in [1.29, 1.82) is 0 Å². The maximum Gasteiger partial charge on any atom is 0.255 e. The number of carbonyl (C=O) groups is 1. The number of hydrogen-bond acceptors (Lipinski definition) is 5. The standard InChI is InChI=1S/C23H31N5O3/c1-17-24-5-7-26(17)6-4-22(29)27-13-18-12-20(16-27)21-3-2-19(23(30)28(21)14-18)15-25-8-10-31-11-9-25/h2-3,5,7,18,20H,4,6,8-16H2,1H3/t18-,20+/m0/s1. The van der Waals surface area contributed by atoms with E-state index in [4.69, 9.17) is 4.74 Å². The Morgan fingerprint density at radius 1 is 1.19 bits per heavy atom. The Morgan fingerprint density at radius 2 is 2.03 bits per heavy atom. The molecule has 3 aliphatic rings. The van der Waals surface area contributed by atoms with Crippen LogP contribution in [0.5, 0.6) is 0 Å². The zero-order valence-electron chi connectivity index (χ0n) is 18.2. The van der Waals surface area contributed by atoms with Gasteiger partial charge < -0.3 is 18.8 Å². The predicted octanol–water partition coefficient (Wildman–Crippen LogP) is 1.22. The maximum atomic E-state index is 13.2. The quantitative estimate of drug-likeness (QED) is 0.720. The first-order valence-electron chi connectivity index (χ1n) is 11.4. The molecule has 2 fully saturated rings. The number of carbonyl (C=O) groups excluding carboxylic acids is 1. The summed E-state index contributed by atoms with van der Waals surface area (Å²) >= 11 is 0. The van der Waals surface area contributed by atoms with Gasteiger partial charge in [0, 0.05) is 81.8 Å². The van der Waals surface area contributed by atoms with Gasteiger partial charge in [-0.25, -0.2) is 4.98 Å². The molecule has 31 heavy (non-hydrogen) atoms. The van der Waals surface area contributed by atoms with E-state index in [9.17, 15) is 9.59 Å². The lowest BCUT2D eigenvalue weighted by Gasteiger charge is -2.43. The molecule has 2 aromatic heterocycles. The Bertz CT molecular complexity index is 1010. The van der Waals surface area contributed by atoms with E-state index in [2.05, 4.69) is 16.0 Å².